The van der Waals surface area contributed by atoms with E-state index in [1.807, 2.05) is 4.90 Å². The summed E-state index contributed by atoms with van der Waals surface area (Å²) in [6, 6.07) is 7.57. The summed E-state index contributed by atoms with van der Waals surface area (Å²) in [5.41, 5.74) is -3.87. The van der Waals surface area contributed by atoms with E-state index in [1.54, 1.807) is 18.2 Å². The van der Waals surface area contributed by atoms with E-state index in [0.717, 1.165) is 25.3 Å². The molecule has 1 aromatic heterocycles. The maximum atomic E-state index is 16.1. The number of hydrogen-bond acceptors (Lipinski definition) is 7. The zero-order valence-electron chi connectivity index (χ0n) is 18.7. The van der Waals surface area contributed by atoms with Crippen LogP contribution in [0.1, 0.15) is 23.0 Å². The van der Waals surface area contributed by atoms with Crippen molar-refractivity contribution in [2.45, 2.75) is 17.6 Å². The maximum absolute atomic E-state index is 16.1. The first-order valence-corrected chi connectivity index (χ1v) is 11.0. The molecule has 184 valence electrons. The van der Waals surface area contributed by atoms with Crippen LogP contribution < -0.4 is 5.32 Å². The third-order valence-corrected chi connectivity index (χ3v) is 6.47. The molecule has 1 aromatic carbocycles. The highest BCUT2D eigenvalue weighted by Crippen LogP contribution is 2.62. The van der Waals surface area contributed by atoms with Gasteiger partial charge < -0.3 is 14.8 Å². The molecule has 2 aliphatic heterocycles. The van der Waals surface area contributed by atoms with E-state index in [4.69, 9.17) is 9.47 Å². The Hall–Kier alpha value is -3.31. The predicted octanol–water partition coefficient (Wildman–Crippen LogP) is 2.88. The highest BCUT2D eigenvalue weighted by atomic mass is 19.3. The Kier molecular flexibility index (Phi) is 5.84. The van der Waals surface area contributed by atoms with Crippen molar-refractivity contribution in [3.63, 3.8) is 0 Å². The summed E-state index contributed by atoms with van der Waals surface area (Å²) in [4.78, 5) is 23.5. The van der Waals surface area contributed by atoms with Gasteiger partial charge in [-0.05, 0) is 29.8 Å². The number of hydrogen-bond donors (Lipinski definition) is 1. The first-order chi connectivity index (χ1) is 16.8. The number of halogens is 4. The summed E-state index contributed by atoms with van der Waals surface area (Å²) in [7, 11) is 1.05. The second-order valence-electron chi connectivity index (χ2n) is 8.46. The molecule has 2 aromatic rings. The first-order valence-electron chi connectivity index (χ1n) is 11.0. The van der Waals surface area contributed by atoms with Gasteiger partial charge in [0.25, 0.3) is 0 Å². The maximum Gasteiger partial charge on any atom is 0.338 e. The van der Waals surface area contributed by atoms with Crippen LogP contribution in [-0.2, 0) is 19.8 Å². The number of aliphatic imine (C=N–C) groups is 1. The molecule has 7 nitrogen and oxygen atoms in total. The third kappa shape index (κ3) is 3.61. The number of aromatic nitrogens is 1. The Morgan fingerprint density at radius 2 is 2.03 bits per heavy atom. The minimum atomic E-state index is -4.23. The van der Waals surface area contributed by atoms with Gasteiger partial charge in [0.15, 0.2) is 17.5 Å². The minimum Gasteiger partial charge on any atom is -0.466 e. The number of esters is 1. The molecule has 1 aliphatic carbocycles. The van der Waals surface area contributed by atoms with Gasteiger partial charge in [0.1, 0.15) is 11.5 Å². The zero-order valence-corrected chi connectivity index (χ0v) is 18.7. The lowest BCUT2D eigenvalue weighted by atomic mass is 9.79. The van der Waals surface area contributed by atoms with Crippen molar-refractivity contribution >= 4 is 11.8 Å². The van der Waals surface area contributed by atoms with E-state index in [0.29, 0.717) is 26.3 Å². The second kappa shape index (κ2) is 8.72. The Balaban J connectivity index is 1.79. The SMILES string of the molecule is COC(=O)C1=C(CN2CCOCC2)NC(c2ccccn2)=NC12c1ccc(F)cc1C(F)C2(F)F. The van der Waals surface area contributed by atoms with Crippen LogP contribution in [0.2, 0.25) is 0 Å². The van der Waals surface area contributed by atoms with Gasteiger partial charge in [-0.15, -0.1) is 0 Å². The molecule has 11 heteroatoms. The molecule has 5 rings (SSSR count). The van der Waals surface area contributed by atoms with Crippen LogP contribution in [0.5, 0.6) is 0 Å². The first kappa shape index (κ1) is 23.4. The lowest BCUT2D eigenvalue weighted by molar-refractivity contribution is -0.144. The Bertz CT molecular complexity index is 1210. The average molecular weight is 490 g/mol. The standard InChI is InChI=1S/C24H22F4N4O3/c1-34-22(33)19-18(13-32-8-10-35-11-9-32)30-21(17-4-2-3-7-29-17)31-23(19)16-6-5-14(25)12-15(16)20(26)24(23,27)28/h2-7,12,20H,8-11,13H2,1H3,(H,30,31). The number of nitrogens with zero attached hydrogens (tertiary/aromatic N) is 3. The summed E-state index contributed by atoms with van der Waals surface area (Å²) in [5, 5.41) is 2.98. The Morgan fingerprint density at radius 1 is 1.26 bits per heavy atom. The number of nitrogens with one attached hydrogen (secondary N) is 1. The summed E-state index contributed by atoms with van der Waals surface area (Å²) < 4.78 is 71.7. The molecule has 0 radical (unpaired) electrons. The van der Waals surface area contributed by atoms with Crippen LogP contribution in [0.3, 0.4) is 0 Å². The molecule has 0 saturated carbocycles. The van der Waals surface area contributed by atoms with Gasteiger partial charge in [-0.25, -0.2) is 18.6 Å². The number of morpholine rings is 1. The fraction of sp³-hybridized carbons (Fsp3) is 0.375. The predicted molar refractivity (Wildman–Crippen MR) is 117 cm³/mol. The van der Waals surface area contributed by atoms with Gasteiger partial charge in [0.2, 0.25) is 0 Å². The van der Waals surface area contributed by atoms with Crippen LogP contribution in [-0.4, -0.2) is 67.6 Å². The van der Waals surface area contributed by atoms with Crippen molar-refractivity contribution in [1.29, 1.82) is 0 Å². The number of pyridine rings is 1. The molecule has 2 unspecified atom stereocenters. The Labute approximate surface area is 198 Å². The van der Waals surface area contributed by atoms with Crippen LogP contribution in [0.25, 0.3) is 0 Å². The second-order valence-corrected chi connectivity index (χ2v) is 8.46. The summed E-state index contributed by atoms with van der Waals surface area (Å²) >= 11 is 0. The summed E-state index contributed by atoms with van der Waals surface area (Å²) in [5.74, 6) is -6.26. The number of rotatable bonds is 4. The van der Waals surface area contributed by atoms with Crippen molar-refractivity contribution < 1.29 is 31.8 Å². The smallest absolute Gasteiger partial charge is 0.338 e. The van der Waals surface area contributed by atoms with E-state index in [1.165, 1.54) is 6.20 Å². The molecule has 2 atom stereocenters. The molecular weight excluding hydrogens is 468 g/mol. The molecule has 1 fully saturated rings. The molecule has 1 spiro atoms. The molecule has 0 amide bonds. The number of ether oxygens (including phenoxy) is 2. The highest BCUT2D eigenvalue weighted by molar-refractivity contribution is 6.04. The molecule has 3 aliphatic rings. The van der Waals surface area contributed by atoms with E-state index >= 15 is 13.2 Å². The van der Waals surface area contributed by atoms with Gasteiger partial charge in [-0.3, -0.25) is 9.88 Å². The molecule has 1 saturated heterocycles. The number of amidine groups is 1. The fourth-order valence-electron chi connectivity index (χ4n) is 4.84. The van der Waals surface area contributed by atoms with Gasteiger partial charge in [0.05, 0.1) is 25.9 Å². The van der Waals surface area contributed by atoms with Crippen molar-refractivity contribution in [1.82, 2.24) is 15.2 Å². The van der Waals surface area contributed by atoms with Crippen LogP contribution in [0, 0.1) is 5.82 Å². The molecule has 1 N–H and O–H groups in total. The van der Waals surface area contributed by atoms with Crippen molar-refractivity contribution in [2.24, 2.45) is 4.99 Å². The topological polar surface area (TPSA) is 76.0 Å². The van der Waals surface area contributed by atoms with Gasteiger partial charge in [-0.2, -0.15) is 8.78 Å². The quantitative estimate of drug-likeness (QED) is 0.525. The van der Waals surface area contributed by atoms with Gasteiger partial charge in [0, 0.05) is 37.1 Å². The number of benzene rings is 1. The summed E-state index contributed by atoms with van der Waals surface area (Å²) in [6.07, 6.45) is -1.44. The van der Waals surface area contributed by atoms with E-state index < -0.39 is 40.6 Å². The van der Waals surface area contributed by atoms with Crippen LogP contribution in [0.4, 0.5) is 17.6 Å². The van der Waals surface area contributed by atoms with Crippen molar-refractivity contribution in [3.05, 3.63) is 76.5 Å². The largest absolute Gasteiger partial charge is 0.466 e. The number of carbonyl (C=O) groups is 1. The van der Waals surface area contributed by atoms with E-state index in [9.17, 15) is 9.18 Å². The average Bonchev–Trinajstić information content (AvgIpc) is 3.02. The highest BCUT2D eigenvalue weighted by Gasteiger charge is 2.71. The lowest BCUT2D eigenvalue weighted by Gasteiger charge is -2.40. The lowest BCUT2D eigenvalue weighted by Crippen LogP contribution is -2.53. The van der Waals surface area contributed by atoms with Crippen LogP contribution in [0.15, 0.2) is 58.9 Å². The Morgan fingerprint density at radius 3 is 2.71 bits per heavy atom. The minimum absolute atomic E-state index is 0.0466. The van der Waals surface area contributed by atoms with Crippen LogP contribution >= 0.6 is 0 Å². The number of fused-ring (bicyclic) bond motifs is 2. The molecule has 0 bridgehead atoms. The molecule has 35 heavy (non-hydrogen) atoms. The van der Waals surface area contributed by atoms with Crippen molar-refractivity contribution in [2.75, 3.05) is 40.0 Å². The van der Waals surface area contributed by atoms with Gasteiger partial charge in [-0.1, -0.05) is 12.1 Å². The van der Waals surface area contributed by atoms with E-state index in [-0.39, 0.29) is 29.3 Å². The third-order valence-electron chi connectivity index (χ3n) is 6.47. The monoisotopic (exact) mass is 490 g/mol. The zero-order chi connectivity index (χ0) is 24.8. The van der Waals surface area contributed by atoms with Crippen molar-refractivity contribution in [3.8, 4) is 0 Å². The number of alkyl halides is 3. The normalized spacial score (nSPS) is 25.7. The molecular formula is C24H22F4N4O3. The number of methoxy groups -OCH3 is 1. The van der Waals surface area contributed by atoms with E-state index in [2.05, 4.69) is 15.3 Å². The van der Waals surface area contributed by atoms with Gasteiger partial charge >= 0.3 is 11.9 Å². The summed E-state index contributed by atoms with van der Waals surface area (Å²) in [6.45, 7) is 1.89. The number of carbonyl (C=O) groups excluding carboxylic acids is 1. The fourth-order valence-corrected chi connectivity index (χ4v) is 4.84. The molecule has 3 heterocycles.